The van der Waals surface area contributed by atoms with E-state index in [9.17, 15) is 14.7 Å². The molecule has 0 aromatic heterocycles. The molecule has 8 heteroatoms. The first-order chi connectivity index (χ1) is 10.9. The number of halogens is 2. The zero-order valence-electron chi connectivity index (χ0n) is 11.5. The van der Waals surface area contributed by atoms with Crippen LogP contribution in [0.3, 0.4) is 0 Å². The fourth-order valence-electron chi connectivity index (χ4n) is 1.76. The van der Waals surface area contributed by atoms with E-state index < -0.39 is 5.97 Å². The topological polar surface area (TPSA) is 78.4 Å². The molecule has 1 amide bonds. The van der Waals surface area contributed by atoms with E-state index in [-0.39, 0.29) is 16.6 Å². The molecule has 0 heterocycles. The molecule has 0 radical (unpaired) electrons. The third-order valence-electron chi connectivity index (χ3n) is 2.77. The second-order valence-electron chi connectivity index (χ2n) is 4.41. The molecule has 118 valence electrons. The number of thiocarbonyl (C=S) groups is 1. The summed E-state index contributed by atoms with van der Waals surface area (Å²) in [5.74, 6) is -1.46. The Kier molecular flexibility index (Phi) is 6.08. The molecule has 0 aliphatic rings. The molecule has 2 aromatic rings. The quantitative estimate of drug-likeness (QED) is 0.436. The maximum Gasteiger partial charge on any atom is 0.337 e. The van der Waals surface area contributed by atoms with Gasteiger partial charge in [0, 0.05) is 13.6 Å². The number of nitrogens with one attached hydrogen (secondary N) is 2. The van der Waals surface area contributed by atoms with Gasteiger partial charge in [0.05, 0.1) is 11.3 Å². The van der Waals surface area contributed by atoms with E-state index in [0.29, 0.717) is 11.3 Å². The Labute approximate surface area is 159 Å². The second kappa shape index (κ2) is 7.84. The molecule has 0 saturated heterocycles. The summed E-state index contributed by atoms with van der Waals surface area (Å²) in [7, 11) is 0. The summed E-state index contributed by atoms with van der Waals surface area (Å²) in [6, 6.07) is 11.7. The molecule has 2 aromatic carbocycles. The Balaban J connectivity index is 2.11. The van der Waals surface area contributed by atoms with Gasteiger partial charge in [0.1, 0.15) is 0 Å². The van der Waals surface area contributed by atoms with Gasteiger partial charge in [-0.15, -0.1) is 0 Å². The second-order valence-corrected chi connectivity index (χ2v) is 6.98. The summed E-state index contributed by atoms with van der Waals surface area (Å²) < 4.78 is 1.56. The van der Waals surface area contributed by atoms with Gasteiger partial charge >= 0.3 is 5.97 Å². The highest BCUT2D eigenvalue weighted by Gasteiger charge is 2.13. The van der Waals surface area contributed by atoms with Crippen LogP contribution in [0.25, 0.3) is 0 Å². The third-order valence-corrected chi connectivity index (χ3v) is 4.14. The molecule has 0 atom stereocenters. The maximum absolute atomic E-state index is 12.1. The Morgan fingerprint density at radius 3 is 2.57 bits per heavy atom. The van der Waals surface area contributed by atoms with E-state index in [1.807, 2.05) is 22.6 Å². The van der Waals surface area contributed by atoms with Crippen molar-refractivity contribution in [3.05, 3.63) is 61.6 Å². The van der Waals surface area contributed by atoms with Crippen LogP contribution in [0.5, 0.6) is 0 Å². The zero-order valence-corrected chi connectivity index (χ0v) is 16.0. The van der Waals surface area contributed by atoms with E-state index in [2.05, 4.69) is 26.6 Å². The molecule has 0 unspecified atom stereocenters. The van der Waals surface area contributed by atoms with E-state index >= 15 is 0 Å². The minimum absolute atomic E-state index is 0.0266. The molecule has 2 rings (SSSR count). The first kappa shape index (κ1) is 17.8. The van der Waals surface area contributed by atoms with Gasteiger partial charge in [0.25, 0.3) is 5.91 Å². The highest BCUT2D eigenvalue weighted by Crippen LogP contribution is 2.19. The monoisotopic (exact) mass is 504 g/mol. The molecular formula is C15H10BrIN2O3S. The van der Waals surface area contributed by atoms with Crippen molar-refractivity contribution >= 4 is 73.4 Å². The van der Waals surface area contributed by atoms with E-state index in [1.54, 1.807) is 36.4 Å². The number of anilines is 1. The van der Waals surface area contributed by atoms with Crippen LogP contribution in [0.2, 0.25) is 0 Å². The van der Waals surface area contributed by atoms with Crippen molar-refractivity contribution in [3.8, 4) is 0 Å². The Morgan fingerprint density at radius 2 is 1.91 bits per heavy atom. The molecular weight excluding hydrogens is 495 g/mol. The summed E-state index contributed by atoms with van der Waals surface area (Å²) in [4.78, 5) is 23.4. The number of aromatic carboxylic acids is 1. The molecule has 0 bridgehead atoms. The van der Waals surface area contributed by atoms with Gasteiger partial charge in [-0.3, -0.25) is 10.1 Å². The van der Waals surface area contributed by atoms with E-state index in [0.717, 1.165) is 8.04 Å². The fourth-order valence-corrected chi connectivity index (χ4v) is 2.85. The lowest BCUT2D eigenvalue weighted by atomic mass is 10.2. The van der Waals surface area contributed by atoms with Gasteiger partial charge in [-0.2, -0.15) is 0 Å². The number of carboxylic acid groups (broad SMARTS) is 1. The van der Waals surface area contributed by atoms with Crippen LogP contribution < -0.4 is 10.6 Å². The summed E-state index contributed by atoms with van der Waals surface area (Å²) in [6.07, 6.45) is 0. The van der Waals surface area contributed by atoms with Crippen molar-refractivity contribution in [1.82, 2.24) is 5.32 Å². The number of hydrogen-bond acceptors (Lipinski definition) is 3. The summed E-state index contributed by atoms with van der Waals surface area (Å²) in [5, 5.41) is 14.5. The Morgan fingerprint density at radius 1 is 1.17 bits per heavy atom. The van der Waals surface area contributed by atoms with Crippen LogP contribution >= 0.6 is 50.7 Å². The van der Waals surface area contributed by atoms with Crippen molar-refractivity contribution in [2.45, 2.75) is 0 Å². The van der Waals surface area contributed by atoms with E-state index in [1.165, 1.54) is 6.07 Å². The van der Waals surface area contributed by atoms with Crippen molar-refractivity contribution in [2.24, 2.45) is 0 Å². The Hall–Kier alpha value is -1.52. The molecule has 0 saturated carbocycles. The van der Waals surface area contributed by atoms with Crippen LogP contribution in [-0.4, -0.2) is 22.1 Å². The summed E-state index contributed by atoms with van der Waals surface area (Å²) in [5.41, 5.74) is 0.831. The van der Waals surface area contributed by atoms with Crippen LogP contribution in [0.15, 0.2) is 46.9 Å². The number of benzene rings is 2. The average Bonchev–Trinajstić information content (AvgIpc) is 2.48. The third kappa shape index (κ3) is 4.98. The standard InChI is InChI=1S/C15H10BrIN2O3S/c16-9-3-1-2-8(6-9)13(20)19-15(23)18-12-5-4-10(17)7-11(12)14(21)22/h1-7H,(H,21,22)(H2,18,19,20,23). The van der Waals surface area contributed by atoms with Crippen LogP contribution in [0, 0.1) is 3.57 Å². The largest absolute Gasteiger partial charge is 0.478 e. The average molecular weight is 505 g/mol. The van der Waals surface area contributed by atoms with Gasteiger partial charge in [-0.05, 0) is 71.2 Å². The molecule has 0 aliphatic heterocycles. The molecule has 0 spiro atoms. The van der Waals surface area contributed by atoms with Gasteiger partial charge < -0.3 is 10.4 Å². The number of amides is 1. The lowest BCUT2D eigenvalue weighted by Gasteiger charge is -2.12. The number of carbonyl (C=O) groups is 2. The molecule has 23 heavy (non-hydrogen) atoms. The normalized spacial score (nSPS) is 10.0. The fraction of sp³-hybridized carbons (Fsp3) is 0. The highest BCUT2D eigenvalue weighted by molar-refractivity contribution is 14.1. The number of carbonyl (C=O) groups excluding carboxylic acids is 1. The first-order valence-electron chi connectivity index (χ1n) is 6.27. The maximum atomic E-state index is 12.1. The van der Waals surface area contributed by atoms with Crippen molar-refractivity contribution in [3.63, 3.8) is 0 Å². The number of rotatable bonds is 3. The Bertz CT molecular complexity index is 798. The van der Waals surface area contributed by atoms with Crippen LogP contribution in [-0.2, 0) is 0 Å². The summed E-state index contributed by atoms with van der Waals surface area (Å²) >= 11 is 10.4. The van der Waals surface area contributed by atoms with Crippen molar-refractivity contribution in [2.75, 3.05) is 5.32 Å². The minimum atomic E-state index is -1.08. The zero-order chi connectivity index (χ0) is 17.0. The van der Waals surface area contributed by atoms with Crippen molar-refractivity contribution in [1.29, 1.82) is 0 Å². The SMILES string of the molecule is O=C(NC(=S)Nc1ccc(I)cc1C(=O)O)c1cccc(Br)c1. The predicted octanol–water partition coefficient (Wildman–Crippen LogP) is 3.88. The van der Waals surface area contributed by atoms with Crippen LogP contribution in [0.1, 0.15) is 20.7 Å². The molecule has 3 N–H and O–H groups in total. The lowest BCUT2D eigenvalue weighted by Crippen LogP contribution is -2.34. The molecule has 0 aliphatic carbocycles. The molecule has 5 nitrogen and oxygen atoms in total. The highest BCUT2D eigenvalue weighted by atomic mass is 127. The van der Waals surface area contributed by atoms with E-state index in [4.69, 9.17) is 12.2 Å². The lowest BCUT2D eigenvalue weighted by molar-refractivity contribution is 0.0697. The minimum Gasteiger partial charge on any atom is -0.478 e. The van der Waals surface area contributed by atoms with Gasteiger partial charge in [0.2, 0.25) is 0 Å². The first-order valence-corrected chi connectivity index (χ1v) is 8.55. The number of carboxylic acids is 1. The van der Waals surface area contributed by atoms with Gasteiger partial charge in [-0.25, -0.2) is 4.79 Å². The predicted molar refractivity (Wildman–Crippen MR) is 104 cm³/mol. The van der Waals surface area contributed by atoms with Gasteiger partial charge in [-0.1, -0.05) is 22.0 Å². The summed E-state index contributed by atoms with van der Waals surface area (Å²) in [6.45, 7) is 0. The van der Waals surface area contributed by atoms with Crippen molar-refractivity contribution < 1.29 is 14.7 Å². The van der Waals surface area contributed by atoms with Gasteiger partial charge in [0.15, 0.2) is 5.11 Å². The number of hydrogen-bond donors (Lipinski definition) is 3. The molecule has 0 fully saturated rings. The smallest absolute Gasteiger partial charge is 0.337 e. The van der Waals surface area contributed by atoms with Crippen LogP contribution in [0.4, 0.5) is 5.69 Å².